The molecule has 9 heteroatoms. The zero-order valence-corrected chi connectivity index (χ0v) is 12.2. The van der Waals surface area contributed by atoms with Gasteiger partial charge in [0.1, 0.15) is 0 Å². The molecule has 0 unspecified atom stereocenters. The maximum absolute atomic E-state index is 0. The van der Waals surface area contributed by atoms with Gasteiger partial charge in [-0.1, -0.05) is 0 Å². The smallest absolute Gasteiger partial charge is 1.00 e. The predicted molar refractivity (Wildman–Crippen MR) is 23.0 cm³/mol. The van der Waals surface area contributed by atoms with E-state index < -0.39 is 0 Å². The molecular formula is H8F6K2Si. The number of hydrogen-bond acceptors (Lipinski definition) is 0. The van der Waals surface area contributed by atoms with Crippen molar-refractivity contribution in [2.45, 2.75) is 0 Å². The van der Waals surface area contributed by atoms with E-state index in [1.54, 1.807) is 0 Å². The normalized spacial score (nSPS) is 0. The first-order valence-corrected chi connectivity index (χ1v) is 0. The van der Waals surface area contributed by atoms with Crippen LogP contribution in [-0.4, -0.2) is 11.0 Å². The predicted octanol–water partition coefficient (Wildman–Crippen LogP) is -5.23. The third-order valence-corrected chi connectivity index (χ3v) is 0. The second kappa shape index (κ2) is 119. The van der Waals surface area contributed by atoms with Crippen molar-refractivity contribution in [3.8, 4) is 0 Å². The molecule has 0 aliphatic heterocycles. The summed E-state index contributed by atoms with van der Waals surface area (Å²) in [5.41, 5.74) is 0. The van der Waals surface area contributed by atoms with Crippen molar-refractivity contribution in [2.75, 3.05) is 0 Å². The summed E-state index contributed by atoms with van der Waals surface area (Å²) < 4.78 is 0. The van der Waals surface area contributed by atoms with E-state index in [4.69, 9.17) is 0 Å². The van der Waals surface area contributed by atoms with Gasteiger partial charge in [-0.3, -0.25) is 28.2 Å². The van der Waals surface area contributed by atoms with Crippen LogP contribution in [0.25, 0.3) is 0 Å². The molecule has 9 heavy (non-hydrogen) atoms. The minimum absolute atomic E-state index is 0. The van der Waals surface area contributed by atoms with E-state index in [0.29, 0.717) is 0 Å². The molecule has 0 aliphatic carbocycles. The molecule has 4 radical (unpaired) electrons. The van der Waals surface area contributed by atoms with Gasteiger partial charge in [0.25, 0.3) is 0 Å². The Morgan fingerprint density at radius 3 is 0.444 bits per heavy atom. The van der Waals surface area contributed by atoms with Crippen molar-refractivity contribution in [1.82, 2.24) is 0 Å². The molecular weight excluding hydrogens is 220 g/mol. The first kappa shape index (κ1) is 157. The number of hydrogen-bond donors (Lipinski definition) is 0. The molecule has 0 saturated carbocycles. The van der Waals surface area contributed by atoms with Gasteiger partial charge < -0.3 is 2.85 Å². The Kier molecular flexibility index (Phi) is 2080. The molecule has 0 atom stereocenters. The average molecular weight is 228 g/mol. The van der Waals surface area contributed by atoms with Crippen LogP contribution in [0.4, 0.5) is 28.2 Å². The first-order valence-electron chi connectivity index (χ1n) is 0. The summed E-state index contributed by atoms with van der Waals surface area (Å²) in [6.45, 7) is 0. The van der Waals surface area contributed by atoms with Crippen molar-refractivity contribution in [3.63, 3.8) is 0 Å². The van der Waals surface area contributed by atoms with Crippen LogP contribution in [0.2, 0.25) is 0 Å². The van der Waals surface area contributed by atoms with Crippen molar-refractivity contribution >= 4 is 11.0 Å². The van der Waals surface area contributed by atoms with E-state index >= 15 is 0 Å². The number of rotatable bonds is 0. The summed E-state index contributed by atoms with van der Waals surface area (Å²) in [5, 5.41) is 0. The third kappa shape index (κ3) is 96.6. The summed E-state index contributed by atoms with van der Waals surface area (Å²) in [6, 6.07) is 0. The molecule has 56 valence electrons. The van der Waals surface area contributed by atoms with E-state index in [2.05, 4.69) is 0 Å². The average Bonchev–Trinajstić information content (AvgIpc) is 0. The second-order valence-electron chi connectivity index (χ2n) is 0. The van der Waals surface area contributed by atoms with Gasteiger partial charge in [0.2, 0.25) is 0 Å². The fourth-order valence-corrected chi connectivity index (χ4v) is 0. The summed E-state index contributed by atoms with van der Waals surface area (Å²) in [7, 11) is 0. The molecule has 0 aromatic rings. The van der Waals surface area contributed by atoms with Crippen molar-refractivity contribution < 1.29 is 134 Å². The Hall–Kier alpha value is 3.07. The second-order valence-corrected chi connectivity index (χ2v) is 0. The van der Waals surface area contributed by atoms with Crippen molar-refractivity contribution in [3.05, 3.63) is 0 Å². The SMILES string of the molecule is F.F.F.F.F.F.[H-].[H-].[K+].[K+].[Si]. The number of halogens is 6. The monoisotopic (exact) mass is 228 g/mol. The Labute approximate surface area is 141 Å². The van der Waals surface area contributed by atoms with Gasteiger partial charge >= 0.3 is 103 Å². The molecule has 0 amide bonds. The van der Waals surface area contributed by atoms with Gasteiger partial charge in [-0.05, 0) is 0 Å². The molecule has 0 heterocycles. The van der Waals surface area contributed by atoms with Crippen LogP contribution in [0.1, 0.15) is 2.85 Å². The van der Waals surface area contributed by atoms with E-state index in [9.17, 15) is 0 Å². The molecule has 0 fully saturated rings. The van der Waals surface area contributed by atoms with Crippen molar-refractivity contribution in [2.24, 2.45) is 0 Å². The molecule has 0 spiro atoms. The van der Waals surface area contributed by atoms with Crippen molar-refractivity contribution in [1.29, 1.82) is 0 Å². The van der Waals surface area contributed by atoms with Gasteiger partial charge in [0, 0.05) is 11.0 Å². The largest absolute Gasteiger partial charge is 1.00 e. The molecule has 0 aromatic carbocycles. The van der Waals surface area contributed by atoms with Crippen LogP contribution in [-0.2, 0) is 0 Å². The van der Waals surface area contributed by atoms with Crippen LogP contribution in [0.3, 0.4) is 0 Å². The molecule has 0 bridgehead atoms. The molecule has 0 nitrogen and oxygen atoms in total. The van der Waals surface area contributed by atoms with Gasteiger partial charge in [0.05, 0.1) is 0 Å². The maximum Gasteiger partial charge on any atom is 1.00 e. The van der Waals surface area contributed by atoms with Crippen LogP contribution < -0.4 is 103 Å². The Morgan fingerprint density at radius 1 is 0.444 bits per heavy atom. The molecule has 0 N–H and O–H groups in total. The first-order chi connectivity index (χ1) is 0. The molecule has 0 aliphatic rings. The Balaban J connectivity index is 0. The quantitative estimate of drug-likeness (QED) is 0.287. The van der Waals surface area contributed by atoms with E-state index in [-0.39, 0.29) is 145 Å². The topological polar surface area (TPSA) is 0 Å². The molecule has 0 rings (SSSR count). The maximum atomic E-state index is 0. The van der Waals surface area contributed by atoms with Crippen LogP contribution in [0, 0.1) is 0 Å². The minimum Gasteiger partial charge on any atom is -1.00 e. The fraction of sp³-hybridized carbons (Fsp3) is 0. The minimum atomic E-state index is 0. The summed E-state index contributed by atoms with van der Waals surface area (Å²) >= 11 is 0. The summed E-state index contributed by atoms with van der Waals surface area (Å²) in [4.78, 5) is 0. The van der Waals surface area contributed by atoms with E-state index in [1.807, 2.05) is 0 Å². The van der Waals surface area contributed by atoms with E-state index in [1.165, 1.54) is 0 Å². The standard InChI is InChI=1S/6FH.2K.Si.2H/h6*1H;;;;;/q;;;;;;2*+1;;2*-1. The van der Waals surface area contributed by atoms with Gasteiger partial charge in [-0.25, -0.2) is 0 Å². The summed E-state index contributed by atoms with van der Waals surface area (Å²) in [6.07, 6.45) is 0. The fourth-order valence-electron chi connectivity index (χ4n) is 0. The Bertz CT molecular complexity index is 18.5. The van der Waals surface area contributed by atoms with Crippen LogP contribution >= 0.6 is 0 Å². The van der Waals surface area contributed by atoms with Crippen LogP contribution in [0.5, 0.6) is 0 Å². The molecule has 0 saturated heterocycles. The van der Waals surface area contributed by atoms with Gasteiger partial charge in [-0.15, -0.1) is 0 Å². The third-order valence-electron chi connectivity index (χ3n) is 0. The van der Waals surface area contributed by atoms with E-state index in [0.717, 1.165) is 0 Å². The van der Waals surface area contributed by atoms with Crippen LogP contribution in [0.15, 0.2) is 0 Å². The van der Waals surface area contributed by atoms with Gasteiger partial charge in [0.15, 0.2) is 0 Å². The Morgan fingerprint density at radius 2 is 0.444 bits per heavy atom. The summed E-state index contributed by atoms with van der Waals surface area (Å²) in [5.74, 6) is 0. The van der Waals surface area contributed by atoms with Gasteiger partial charge in [-0.2, -0.15) is 0 Å². The zero-order chi connectivity index (χ0) is 0. The zero-order valence-electron chi connectivity index (χ0n) is 6.95. The molecule has 0 aromatic heterocycles.